The van der Waals surface area contributed by atoms with E-state index in [0.717, 1.165) is 5.75 Å². The maximum atomic E-state index is 12.2. The van der Waals surface area contributed by atoms with Crippen molar-refractivity contribution in [3.8, 4) is 11.5 Å². The second-order valence-corrected chi connectivity index (χ2v) is 7.34. The molecular formula is C21H22N4O4S. The minimum atomic E-state index is -0.195. The first kappa shape index (κ1) is 21.4. The molecule has 0 aliphatic carbocycles. The molecule has 0 saturated carbocycles. The topological polar surface area (TPSA) is 95.3 Å². The number of nitrogens with zero attached hydrogens (tertiary/aromatic N) is 3. The number of benzene rings is 2. The van der Waals surface area contributed by atoms with Crippen LogP contribution >= 0.6 is 11.8 Å². The maximum absolute atomic E-state index is 12.2. The molecule has 0 spiro atoms. The molecule has 1 heterocycles. The quantitative estimate of drug-likeness (QED) is 0.414. The highest BCUT2D eigenvalue weighted by molar-refractivity contribution is 7.99. The van der Waals surface area contributed by atoms with Crippen LogP contribution in [-0.4, -0.2) is 39.3 Å². The van der Waals surface area contributed by atoms with Crippen molar-refractivity contribution in [2.24, 2.45) is 7.05 Å². The summed E-state index contributed by atoms with van der Waals surface area (Å²) in [4.78, 5) is 23.7. The molecule has 0 aliphatic rings. The van der Waals surface area contributed by atoms with Gasteiger partial charge in [-0.1, -0.05) is 23.9 Å². The van der Waals surface area contributed by atoms with Crippen LogP contribution in [0.4, 0.5) is 5.69 Å². The molecule has 3 aromatic rings. The summed E-state index contributed by atoms with van der Waals surface area (Å²) in [6.07, 6.45) is 0. The normalized spacial score (nSPS) is 10.5. The van der Waals surface area contributed by atoms with Crippen molar-refractivity contribution >= 4 is 29.1 Å². The summed E-state index contributed by atoms with van der Waals surface area (Å²) in [5.74, 6) is 2.01. The third-order valence-electron chi connectivity index (χ3n) is 4.24. The van der Waals surface area contributed by atoms with E-state index in [1.807, 2.05) is 31.3 Å². The Labute approximate surface area is 178 Å². The Hall–Kier alpha value is -3.33. The van der Waals surface area contributed by atoms with Crippen LogP contribution in [0.15, 0.2) is 53.7 Å². The summed E-state index contributed by atoms with van der Waals surface area (Å²) in [6.45, 7) is 1.74. The van der Waals surface area contributed by atoms with Gasteiger partial charge < -0.3 is 19.4 Å². The third-order valence-corrected chi connectivity index (χ3v) is 5.26. The molecule has 8 nitrogen and oxygen atoms in total. The van der Waals surface area contributed by atoms with Crippen molar-refractivity contribution in [3.63, 3.8) is 0 Å². The molecular weight excluding hydrogens is 404 g/mol. The second-order valence-electron chi connectivity index (χ2n) is 6.40. The van der Waals surface area contributed by atoms with Crippen LogP contribution in [0, 0.1) is 0 Å². The minimum Gasteiger partial charge on any atom is -0.497 e. The predicted molar refractivity (Wildman–Crippen MR) is 114 cm³/mol. The van der Waals surface area contributed by atoms with E-state index in [2.05, 4.69) is 15.5 Å². The van der Waals surface area contributed by atoms with E-state index in [9.17, 15) is 9.59 Å². The third kappa shape index (κ3) is 5.60. The Kier molecular flexibility index (Phi) is 7.08. The first-order valence-electron chi connectivity index (χ1n) is 9.15. The number of methoxy groups -OCH3 is 1. The zero-order valence-electron chi connectivity index (χ0n) is 16.9. The highest BCUT2D eigenvalue weighted by Gasteiger charge is 2.12. The molecule has 156 valence electrons. The number of nitrogens with one attached hydrogen (secondary N) is 1. The highest BCUT2D eigenvalue weighted by Crippen LogP contribution is 2.20. The van der Waals surface area contributed by atoms with Gasteiger partial charge in [-0.15, -0.1) is 10.2 Å². The van der Waals surface area contributed by atoms with E-state index in [-0.39, 0.29) is 24.1 Å². The summed E-state index contributed by atoms with van der Waals surface area (Å²) in [5.41, 5.74) is 1.13. The zero-order chi connectivity index (χ0) is 21.5. The molecule has 3 rings (SSSR count). The van der Waals surface area contributed by atoms with Crippen molar-refractivity contribution in [2.45, 2.75) is 18.7 Å². The summed E-state index contributed by atoms with van der Waals surface area (Å²) < 4.78 is 12.6. The molecule has 0 aliphatic heterocycles. The number of ether oxygens (including phenoxy) is 2. The average Bonchev–Trinajstić information content (AvgIpc) is 3.10. The number of carbonyl (C=O) groups excluding carboxylic acids is 2. The first-order valence-corrected chi connectivity index (χ1v) is 10.1. The van der Waals surface area contributed by atoms with Crippen molar-refractivity contribution in [1.82, 2.24) is 14.8 Å². The number of hydrogen-bond acceptors (Lipinski definition) is 7. The zero-order valence-corrected chi connectivity index (χ0v) is 17.7. The monoisotopic (exact) mass is 426 g/mol. The standard InChI is InChI=1S/C21H22N4O4S/c1-14(26)15-5-4-6-16(11-15)22-20(27)13-30-21-24-23-19(25(21)2)12-29-18-9-7-17(28-3)8-10-18/h4-11H,12-13H2,1-3H3,(H,22,27). The fourth-order valence-electron chi connectivity index (χ4n) is 2.56. The van der Waals surface area contributed by atoms with E-state index in [1.165, 1.54) is 18.7 Å². The SMILES string of the molecule is COc1ccc(OCc2nnc(SCC(=O)Nc3cccc(C(C)=O)c3)n2C)cc1. The van der Waals surface area contributed by atoms with Crippen LogP contribution in [0.3, 0.4) is 0 Å². The van der Waals surface area contributed by atoms with Crippen LogP contribution in [0.5, 0.6) is 11.5 Å². The van der Waals surface area contributed by atoms with Gasteiger partial charge in [0.25, 0.3) is 0 Å². The molecule has 30 heavy (non-hydrogen) atoms. The lowest BCUT2D eigenvalue weighted by Gasteiger charge is -2.08. The number of Topliss-reactive ketones (excluding diaryl/α,β-unsaturated/α-hetero) is 1. The van der Waals surface area contributed by atoms with E-state index >= 15 is 0 Å². The Morgan fingerprint density at radius 1 is 1.10 bits per heavy atom. The fourth-order valence-corrected chi connectivity index (χ4v) is 3.29. The van der Waals surface area contributed by atoms with Gasteiger partial charge in [-0.05, 0) is 43.3 Å². The van der Waals surface area contributed by atoms with Crippen molar-refractivity contribution in [1.29, 1.82) is 0 Å². The smallest absolute Gasteiger partial charge is 0.234 e. The molecule has 1 amide bonds. The molecule has 1 aromatic heterocycles. The minimum absolute atomic E-state index is 0.0519. The van der Waals surface area contributed by atoms with Gasteiger partial charge in [0.2, 0.25) is 5.91 Å². The number of amides is 1. The number of thioether (sulfide) groups is 1. The molecule has 0 fully saturated rings. The van der Waals surface area contributed by atoms with Crippen LogP contribution in [0.25, 0.3) is 0 Å². The fraction of sp³-hybridized carbons (Fsp3) is 0.238. The van der Waals surface area contributed by atoms with Gasteiger partial charge in [-0.3, -0.25) is 9.59 Å². The molecule has 0 saturated heterocycles. The molecule has 0 atom stereocenters. The van der Waals surface area contributed by atoms with Gasteiger partial charge >= 0.3 is 0 Å². The molecule has 0 radical (unpaired) electrons. The van der Waals surface area contributed by atoms with E-state index in [4.69, 9.17) is 9.47 Å². The predicted octanol–water partition coefficient (Wildman–Crippen LogP) is 3.34. The number of anilines is 1. The van der Waals surface area contributed by atoms with Gasteiger partial charge in [0.1, 0.15) is 18.1 Å². The second kappa shape index (κ2) is 9.93. The highest BCUT2D eigenvalue weighted by atomic mass is 32.2. The summed E-state index contributed by atoms with van der Waals surface area (Å²) in [6, 6.07) is 14.1. The van der Waals surface area contributed by atoms with Gasteiger partial charge in [-0.25, -0.2) is 0 Å². The summed E-state index contributed by atoms with van der Waals surface area (Å²) >= 11 is 1.27. The number of hydrogen-bond donors (Lipinski definition) is 1. The number of aromatic nitrogens is 3. The van der Waals surface area contributed by atoms with Crippen molar-refractivity contribution in [2.75, 3.05) is 18.2 Å². The van der Waals surface area contributed by atoms with Crippen LogP contribution in [-0.2, 0) is 18.4 Å². The molecule has 0 unspecified atom stereocenters. The molecule has 1 N–H and O–H groups in total. The van der Waals surface area contributed by atoms with Gasteiger partial charge in [-0.2, -0.15) is 0 Å². The Bertz CT molecular complexity index is 1030. The lowest BCUT2D eigenvalue weighted by atomic mass is 10.1. The van der Waals surface area contributed by atoms with E-state index in [1.54, 1.807) is 35.9 Å². The Balaban J connectivity index is 1.52. The van der Waals surface area contributed by atoms with Crippen molar-refractivity contribution < 1.29 is 19.1 Å². The lowest BCUT2D eigenvalue weighted by Crippen LogP contribution is -2.15. The lowest BCUT2D eigenvalue weighted by molar-refractivity contribution is -0.113. The Morgan fingerprint density at radius 3 is 2.53 bits per heavy atom. The number of rotatable bonds is 9. The maximum Gasteiger partial charge on any atom is 0.234 e. The van der Waals surface area contributed by atoms with Crippen molar-refractivity contribution in [3.05, 3.63) is 59.9 Å². The molecule has 9 heteroatoms. The van der Waals surface area contributed by atoms with Gasteiger partial charge in [0.05, 0.1) is 12.9 Å². The number of ketones is 1. The Morgan fingerprint density at radius 2 is 1.83 bits per heavy atom. The number of carbonyl (C=O) groups is 2. The van der Waals surface area contributed by atoms with Gasteiger partial charge in [0, 0.05) is 18.3 Å². The largest absolute Gasteiger partial charge is 0.497 e. The van der Waals surface area contributed by atoms with Gasteiger partial charge in [0.15, 0.2) is 16.8 Å². The van der Waals surface area contributed by atoms with E-state index < -0.39 is 0 Å². The van der Waals surface area contributed by atoms with E-state index in [0.29, 0.717) is 28.0 Å². The van der Waals surface area contributed by atoms with Crippen LogP contribution in [0.2, 0.25) is 0 Å². The average molecular weight is 426 g/mol. The molecule has 2 aromatic carbocycles. The first-order chi connectivity index (χ1) is 14.5. The van der Waals surface area contributed by atoms with Crippen LogP contribution in [0.1, 0.15) is 23.1 Å². The summed E-state index contributed by atoms with van der Waals surface area (Å²) in [5, 5.41) is 11.6. The summed E-state index contributed by atoms with van der Waals surface area (Å²) in [7, 11) is 3.43. The van der Waals surface area contributed by atoms with Crippen LogP contribution < -0.4 is 14.8 Å². The molecule has 0 bridgehead atoms.